The highest BCUT2D eigenvalue weighted by atomic mass is 16.3. The quantitative estimate of drug-likeness (QED) is 0.636. The Morgan fingerprint density at radius 3 is 2.21 bits per heavy atom. The molecule has 1 amide bonds. The van der Waals surface area contributed by atoms with Crippen LogP contribution in [0.15, 0.2) is 0 Å². The second-order valence-electron chi connectivity index (χ2n) is 4.50. The van der Waals surface area contributed by atoms with Gasteiger partial charge in [0.15, 0.2) is 0 Å². The molecule has 2 rings (SSSR count). The number of likely N-dealkylation sites (tertiary alicyclic amines) is 1. The molecule has 0 spiro atoms. The van der Waals surface area contributed by atoms with Gasteiger partial charge in [0.1, 0.15) is 0 Å². The molecule has 0 aromatic heterocycles. The Balaban J connectivity index is 1.92. The van der Waals surface area contributed by atoms with Crippen molar-refractivity contribution in [1.29, 1.82) is 0 Å². The maximum absolute atomic E-state index is 11.8. The van der Waals surface area contributed by atoms with Crippen molar-refractivity contribution in [2.24, 2.45) is 11.8 Å². The molecule has 14 heavy (non-hydrogen) atoms. The van der Waals surface area contributed by atoms with Crippen molar-refractivity contribution in [3.63, 3.8) is 0 Å². The van der Waals surface area contributed by atoms with Crippen LogP contribution in [0.3, 0.4) is 0 Å². The summed E-state index contributed by atoms with van der Waals surface area (Å²) in [5, 5.41) is 18.6. The second-order valence-corrected chi connectivity index (χ2v) is 4.50. The molecule has 0 aromatic rings. The molecule has 1 saturated carbocycles. The molecule has 1 saturated heterocycles. The molecular formula is C10H17NO3. The van der Waals surface area contributed by atoms with E-state index in [1.54, 1.807) is 4.90 Å². The second kappa shape index (κ2) is 3.51. The summed E-state index contributed by atoms with van der Waals surface area (Å²) in [7, 11) is 0. The molecule has 0 radical (unpaired) electrons. The summed E-state index contributed by atoms with van der Waals surface area (Å²) in [6, 6.07) is 0. The zero-order chi connectivity index (χ0) is 10.3. The number of hydrogen-bond acceptors (Lipinski definition) is 3. The molecular weight excluding hydrogens is 182 g/mol. The third-order valence-corrected chi connectivity index (χ3v) is 3.29. The molecule has 2 aliphatic rings. The van der Waals surface area contributed by atoms with Gasteiger partial charge in [-0.15, -0.1) is 0 Å². The third kappa shape index (κ3) is 1.77. The van der Waals surface area contributed by atoms with Crippen LogP contribution in [0.5, 0.6) is 0 Å². The van der Waals surface area contributed by atoms with E-state index in [-0.39, 0.29) is 24.9 Å². The number of hydrogen-bond donors (Lipinski definition) is 2. The molecule has 4 heteroatoms. The van der Waals surface area contributed by atoms with Crippen molar-refractivity contribution in [2.75, 3.05) is 13.1 Å². The van der Waals surface area contributed by atoms with E-state index in [0.29, 0.717) is 5.92 Å². The number of nitrogens with zero attached hydrogens (tertiary/aromatic N) is 1. The Labute approximate surface area is 83.5 Å². The molecule has 80 valence electrons. The smallest absolute Gasteiger partial charge is 0.225 e. The summed E-state index contributed by atoms with van der Waals surface area (Å²) >= 11 is 0. The first-order valence-electron chi connectivity index (χ1n) is 5.24. The molecule has 2 fully saturated rings. The van der Waals surface area contributed by atoms with Crippen molar-refractivity contribution in [3.05, 3.63) is 0 Å². The van der Waals surface area contributed by atoms with Gasteiger partial charge >= 0.3 is 0 Å². The minimum absolute atomic E-state index is 0.0625. The Bertz CT molecular complexity index is 230. The van der Waals surface area contributed by atoms with Crippen molar-refractivity contribution < 1.29 is 15.0 Å². The Kier molecular flexibility index (Phi) is 2.49. The molecule has 1 aliphatic carbocycles. The van der Waals surface area contributed by atoms with Crippen LogP contribution in [0.4, 0.5) is 0 Å². The maximum atomic E-state index is 11.8. The fraction of sp³-hybridized carbons (Fsp3) is 0.900. The first kappa shape index (κ1) is 9.93. The number of carbonyl (C=O) groups excluding carboxylic acids is 1. The van der Waals surface area contributed by atoms with Gasteiger partial charge in [-0.3, -0.25) is 4.79 Å². The molecule has 3 unspecified atom stereocenters. The molecule has 3 atom stereocenters. The normalized spacial score (nSPS) is 34.6. The van der Waals surface area contributed by atoms with Crippen molar-refractivity contribution in [3.8, 4) is 0 Å². The van der Waals surface area contributed by atoms with Gasteiger partial charge in [-0.2, -0.15) is 0 Å². The Morgan fingerprint density at radius 1 is 1.29 bits per heavy atom. The van der Waals surface area contributed by atoms with Crippen LogP contribution in [0.2, 0.25) is 0 Å². The largest absolute Gasteiger partial charge is 0.388 e. The van der Waals surface area contributed by atoms with Gasteiger partial charge < -0.3 is 15.1 Å². The molecule has 0 aromatic carbocycles. The number of carbonyl (C=O) groups is 1. The van der Waals surface area contributed by atoms with E-state index in [9.17, 15) is 15.0 Å². The molecule has 1 heterocycles. The molecule has 4 nitrogen and oxygen atoms in total. The Hall–Kier alpha value is -0.610. The fourth-order valence-electron chi connectivity index (χ4n) is 2.04. The van der Waals surface area contributed by atoms with E-state index < -0.39 is 12.2 Å². The average molecular weight is 199 g/mol. The third-order valence-electron chi connectivity index (χ3n) is 3.29. The first-order valence-corrected chi connectivity index (χ1v) is 5.24. The van der Waals surface area contributed by atoms with Gasteiger partial charge in [-0.25, -0.2) is 0 Å². The van der Waals surface area contributed by atoms with Gasteiger partial charge in [0.2, 0.25) is 5.91 Å². The topological polar surface area (TPSA) is 60.8 Å². The highest BCUT2D eigenvalue weighted by Crippen LogP contribution is 2.37. The number of aliphatic hydroxyl groups excluding tert-OH is 2. The minimum atomic E-state index is -0.759. The summed E-state index contributed by atoms with van der Waals surface area (Å²) in [6.45, 7) is 2.52. The lowest BCUT2D eigenvalue weighted by Crippen LogP contribution is -2.35. The fourth-order valence-corrected chi connectivity index (χ4v) is 2.04. The summed E-state index contributed by atoms with van der Waals surface area (Å²) in [6.07, 6.45) is 0.772. The van der Waals surface area contributed by atoms with Crippen molar-refractivity contribution in [2.45, 2.75) is 32.0 Å². The maximum Gasteiger partial charge on any atom is 0.225 e. The van der Waals surface area contributed by atoms with E-state index in [4.69, 9.17) is 0 Å². The van der Waals surface area contributed by atoms with Crippen molar-refractivity contribution in [1.82, 2.24) is 4.90 Å². The van der Waals surface area contributed by atoms with Gasteiger partial charge in [-0.1, -0.05) is 6.92 Å². The van der Waals surface area contributed by atoms with Gasteiger partial charge in [-0.05, 0) is 18.8 Å². The lowest BCUT2D eigenvalue weighted by molar-refractivity contribution is -0.135. The minimum Gasteiger partial charge on any atom is -0.388 e. The first-order chi connectivity index (χ1) is 6.59. The SMILES string of the molecule is CC(C(=O)N1CC(O)C(O)C1)C1CC1. The van der Waals surface area contributed by atoms with E-state index in [2.05, 4.69) is 0 Å². The average Bonchev–Trinajstić information content (AvgIpc) is 2.93. The summed E-state index contributed by atoms with van der Waals surface area (Å²) < 4.78 is 0. The molecule has 1 aliphatic heterocycles. The zero-order valence-corrected chi connectivity index (χ0v) is 8.39. The van der Waals surface area contributed by atoms with Crippen LogP contribution >= 0.6 is 0 Å². The van der Waals surface area contributed by atoms with Gasteiger partial charge in [0, 0.05) is 19.0 Å². The van der Waals surface area contributed by atoms with Gasteiger partial charge in [0.25, 0.3) is 0 Å². The van der Waals surface area contributed by atoms with Crippen LogP contribution in [-0.2, 0) is 4.79 Å². The highest BCUT2D eigenvalue weighted by molar-refractivity contribution is 5.79. The van der Waals surface area contributed by atoms with E-state index in [1.807, 2.05) is 6.92 Å². The van der Waals surface area contributed by atoms with Crippen LogP contribution in [0.25, 0.3) is 0 Å². The van der Waals surface area contributed by atoms with E-state index in [0.717, 1.165) is 12.8 Å². The van der Waals surface area contributed by atoms with Gasteiger partial charge in [0.05, 0.1) is 12.2 Å². The highest BCUT2D eigenvalue weighted by Gasteiger charge is 2.39. The lowest BCUT2D eigenvalue weighted by atomic mass is 10.1. The molecule has 2 N–H and O–H groups in total. The monoisotopic (exact) mass is 199 g/mol. The number of aliphatic hydroxyl groups is 2. The number of rotatable bonds is 2. The van der Waals surface area contributed by atoms with E-state index in [1.165, 1.54) is 0 Å². The summed E-state index contributed by atoms with van der Waals surface area (Å²) in [5.74, 6) is 0.688. The number of amides is 1. The predicted octanol–water partition coefficient (Wildman–Crippen LogP) is -0.404. The number of β-amino-alcohol motifs (C(OH)–C–C–N with tert-alkyl or cyclic N) is 2. The van der Waals surface area contributed by atoms with Crippen molar-refractivity contribution >= 4 is 5.91 Å². The van der Waals surface area contributed by atoms with Crippen LogP contribution < -0.4 is 0 Å². The van der Waals surface area contributed by atoms with Crippen LogP contribution in [-0.4, -0.2) is 46.3 Å². The van der Waals surface area contributed by atoms with E-state index >= 15 is 0 Å². The summed E-state index contributed by atoms with van der Waals surface area (Å²) in [5.41, 5.74) is 0. The predicted molar refractivity (Wildman–Crippen MR) is 50.5 cm³/mol. The van der Waals surface area contributed by atoms with Crippen LogP contribution in [0.1, 0.15) is 19.8 Å². The Morgan fingerprint density at radius 2 is 1.79 bits per heavy atom. The molecule has 0 bridgehead atoms. The summed E-state index contributed by atoms with van der Waals surface area (Å²) in [4.78, 5) is 13.4. The zero-order valence-electron chi connectivity index (χ0n) is 8.39. The van der Waals surface area contributed by atoms with Crippen LogP contribution in [0, 0.1) is 11.8 Å². The standard InChI is InChI=1S/C10H17NO3/c1-6(7-2-3-7)10(14)11-4-8(12)9(13)5-11/h6-9,12-13H,2-5H2,1H3. The lowest BCUT2D eigenvalue weighted by Gasteiger charge is -2.19.